The van der Waals surface area contributed by atoms with Crippen molar-refractivity contribution in [3.8, 4) is 0 Å². The summed E-state index contributed by atoms with van der Waals surface area (Å²) < 4.78 is 0. The fourth-order valence-corrected chi connectivity index (χ4v) is 1.84. The van der Waals surface area contributed by atoms with Gasteiger partial charge in [0, 0.05) is 24.3 Å². The Hall–Kier alpha value is -0.220. The van der Waals surface area contributed by atoms with Crippen molar-refractivity contribution in [3.63, 3.8) is 0 Å². The van der Waals surface area contributed by atoms with Gasteiger partial charge in [0.05, 0.1) is 0 Å². The van der Waals surface area contributed by atoms with E-state index >= 15 is 0 Å². The smallest absolute Gasteiger partial charge is 0.220 e. The molecule has 3 nitrogen and oxygen atoms in total. The van der Waals surface area contributed by atoms with Crippen molar-refractivity contribution in [2.24, 2.45) is 0 Å². The molecule has 1 aliphatic rings. The zero-order chi connectivity index (χ0) is 9.68. The Balaban J connectivity index is 2.14. The van der Waals surface area contributed by atoms with E-state index in [2.05, 4.69) is 23.3 Å². The fourth-order valence-electron chi connectivity index (χ4n) is 1.50. The van der Waals surface area contributed by atoms with Gasteiger partial charge in [0.1, 0.15) is 0 Å². The molecule has 0 radical (unpaired) electrons. The highest BCUT2D eigenvalue weighted by Gasteiger charge is 2.23. The second kappa shape index (κ2) is 5.50. The molecular formula is C9H18N2OS. The third kappa shape index (κ3) is 3.56. The first-order chi connectivity index (χ1) is 6.24. The molecule has 2 N–H and O–H groups in total. The van der Waals surface area contributed by atoms with Crippen molar-refractivity contribution in [1.82, 2.24) is 10.6 Å². The summed E-state index contributed by atoms with van der Waals surface area (Å²) in [6.45, 7) is 3.74. The molecule has 4 heteroatoms. The number of carbonyl (C=O) groups is 1. The minimum absolute atomic E-state index is 0.150. The van der Waals surface area contributed by atoms with E-state index in [4.69, 9.17) is 0 Å². The summed E-state index contributed by atoms with van der Waals surface area (Å²) in [6.07, 6.45) is 2.63. The monoisotopic (exact) mass is 202 g/mol. The summed E-state index contributed by atoms with van der Waals surface area (Å²) in [4.78, 5) is 11.1. The van der Waals surface area contributed by atoms with Gasteiger partial charge in [-0.1, -0.05) is 6.92 Å². The maximum atomic E-state index is 11.1. The lowest BCUT2D eigenvalue weighted by Gasteiger charge is -2.15. The van der Waals surface area contributed by atoms with Gasteiger partial charge in [0.2, 0.25) is 5.91 Å². The molecule has 1 heterocycles. The lowest BCUT2D eigenvalue weighted by Crippen LogP contribution is -2.40. The summed E-state index contributed by atoms with van der Waals surface area (Å²) in [6, 6.07) is 0.351. The van der Waals surface area contributed by atoms with Gasteiger partial charge in [-0.25, -0.2) is 0 Å². The van der Waals surface area contributed by atoms with Crippen molar-refractivity contribution in [2.45, 2.75) is 37.5 Å². The van der Waals surface area contributed by atoms with Crippen molar-refractivity contribution >= 4 is 18.5 Å². The quantitative estimate of drug-likeness (QED) is 0.583. The third-order valence-electron chi connectivity index (χ3n) is 2.31. The van der Waals surface area contributed by atoms with Crippen LogP contribution in [-0.2, 0) is 4.79 Å². The molecule has 1 fully saturated rings. The van der Waals surface area contributed by atoms with Crippen molar-refractivity contribution in [3.05, 3.63) is 0 Å². The minimum atomic E-state index is 0.150. The van der Waals surface area contributed by atoms with E-state index in [-0.39, 0.29) is 5.91 Å². The second-order valence-electron chi connectivity index (χ2n) is 3.47. The van der Waals surface area contributed by atoms with Gasteiger partial charge in [0.25, 0.3) is 0 Å². The average molecular weight is 202 g/mol. The molecule has 0 spiro atoms. The van der Waals surface area contributed by atoms with Gasteiger partial charge in [-0.2, -0.15) is 12.6 Å². The van der Waals surface area contributed by atoms with E-state index in [0.717, 1.165) is 19.4 Å². The molecule has 13 heavy (non-hydrogen) atoms. The Morgan fingerprint density at radius 3 is 3.00 bits per heavy atom. The molecule has 0 saturated carbocycles. The molecule has 0 aromatic carbocycles. The van der Waals surface area contributed by atoms with E-state index < -0.39 is 0 Å². The van der Waals surface area contributed by atoms with Crippen LogP contribution in [0.1, 0.15) is 26.2 Å². The molecule has 1 rings (SSSR count). The van der Waals surface area contributed by atoms with E-state index in [1.807, 2.05) is 6.92 Å². The van der Waals surface area contributed by atoms with E-state index in [9.17, 15) is 4.79 Å². The normalized spacial score (nSPS) is 27.5. The van der Waals surface area contributed by atoms with Crippen LogP contribution < -0.4 is 10.6 Å². The summed E-state index contributed by atoms with van der Waals surface area (Å²) >= 11 is 4.43. The second-order valence-corrected chi connectivity index (χ2v) is 4.13. The topological polar surface area (TPSA) is 41.1 Å². The third-order valence-corrected chi connectivity index (χ3v) is 2.93. The number of hydrogen-bond acceptors (Lipinski definition) is 3. The summed E-state index contributed by atoms with van der Waals surface area (Å²) in [5, 5.41) is 6.61. The van der Waals surface area contributed by atoms with Gasteiger partial charge in [-0.15, -0.1) is 0 Å². The summed E-state index contributed by atoms with van der Waals surface area (Å²) in [7, 11) is 0. The number of carbonyl (C=O) groups excluding carboxylic acids is 1. The number of thiol groups is 1. The molecular weight excluding hydrogens is 184 g/mol. The van der Waals surface area contributed by atoms with Crippen LogP contribution in [0.4, 0.5) is 0 Å². The van der Waals surface area contributed by atoms with Crippen molar-refractivity contribution in [2.75, 3.05) is 13.1 Å². The predicted molar refractivity (Wildman–Crippen MR) is 57.1 cm³/mol. The van der Waals surface area contributed by atoms with Crippen LogP contribution in [0.2, 0.25) is 0 Å². The van der Waals surface area contributed by atoms with Crippen LogP contribution in [0, 0.1) is 0 Å². The maximum absolute atomic E-state index is 11.1. The molecule has 1 aliphatic heterocycles. The van der Waals surface area contributed by atoms with Crippen LogP contribution in [0.15, 0.2) is 0 Å². The van der Waals surface area contributed by atoms with E-state index in [1.54, 1.807) is 0 Å². The Morgan fingerprint density at radius 2 is 2.46 bits per heavy atom. The number of nitrogens with one attached hydrogen (secondary N) is 2. The highest BCUT2D eigenvalue weighted by molar-refractivity contribution is 7.81. The lowest BCUT2D eigenvalue weighted by atomic mass is 10.2. The van der Waals surface area contributed by atoms with Crippen molar-refractivity contribution in [1.29, 1.82) is 0 Å². The van der Waals surface area contributed by atoms with Crippen molar-refractivity contribution < 1.29 is 4.79 Å². The SMILES string of the molecule is CCCC(=O)NC[C@H]1NCC[C@H]1S. The van der Waals surface area contributed by atoms with Gasteiger partial charge in [-0.05, 0) is 19.4 Å². The maximum Gasteiger partial charge on any atom is 0.220 e. The molecule has 1 saturated heterocycles. The molecule has 0 aliphatic carbocycles. The average Bonchev–Trinajstić information content (AvgIpc) is 2.48. The Labute approximate surface area is 85.1 Å². The fraction of sp³-hybridized carbons (Fsp3) is 0.889. The summed E-state index contributed by atoms with van der Waals surface area (Å²) in [5.41, 5.74) is 0. The molecule has 1 amide bonds. The Bertz CT molecular complexity index is 175. The highest BCUT2D eigenvalue weighted by atomic mass is 32.1. The van der Waals surface area contributed by atoms with Gasteiger partial charge >= 0.3 is 0 Å². The minimum Gasteiger partial charge on any atom is -0.354 e. The number of rotatable bonds is 4. The lowest BCUT2D eigenvalue weighted by molar-refractivity contribution is -0.121. The van der Waals surface area contributed by atoms with Gasteiger partial charge in [-0.3, -0.25) is 4.79 Å². The Kier molecular flexibility index (Phi) is 4.59. The van der Waals surface area contributed by atoms with E-state index in [1.165, 1.54) is 0 Å². The molecule has 0 aromatic heterocycles. The molecule has 2 atom stereocenters. The highest BCUT2D eigenvalue weighted by Crippen LogP contribution is 2.12. The zero-order valence-electron chi connectivity index (χ0n) is 8.05. The van der Waals surface area contributed by atoms with Crippen LogP contribution in [0.3, 0.4) is 0 Å². The Morgan fingerprint density at radius 1 is 1.69 bits per heavy atom. The van der Waals surface area contributed by atoms with Gasteiger partial charge in [0.15, 0.2) is 0 Å². The summed E-state index contributed by atoms with van der Waals surface area (Å²) in [5.74, 6) is 0.150. The predicted octanol–water partition coefficient (Wildman–Crippen LogP) is 0.563. The first kappa shape index (κ1) is 10.9. The number of amides is 1. The molecule has 0 bridgehead atoms. The first-order valence-electron chi connectivity index (χ1n) is 4.92. The molecule has 0 unspecified atom stereocenters. The number of hydrogen-bond donors (Lipinski definition) is 3. The molecule has 0 aromatic rings. The van der Waals surface area contributed by atoms with Crippen LogP contribution in [0.25, 0.3) is 0 Å². The van der Waals surface area contributed by atoms with Crippen LogP contribution >= 0.6 is 12.6 Å². The standard InChI is InChI=1S/C9H18N2OS/c1-2-3-9(12)11-6-7-8(13)4-5-10-7/h7-8,10,13H,2-6H2,1H3,(H,11,12)/t7-,8-/m1/s1. The van der Waals surface area contributed by atoms with E-state index in [0.29, 0.717) is 24.3 Å². The van der Waals surface area contributed by atoms with Crippen LogP contribution in [-0.4, -0.2) is 30.3 Å². The largest absolute Gasteiger partial charge is 0.354 e. The van der Waals surface area contributed by atoms with Gasteiger partial charge < -0.3 is 10.6 Å². The first-order valence-corrected chi connectivity index (χ1v) is 5.43. The molecule has 76 valence electrons. The zero-order valence-corrected chi connectivity index (χ0v) is 8.94. The van der Waals surface area contributed by atoms with Crippen LogP contribution in [0.5, 0.6) is 0 Å².